The van der Waals surface area contributed by atoms with Gasteiger partial charge in [0.15, 0.2) is 0 Å². The minimum atomic E-state index is 0.902. The summed E-state index contributed by atoms with van der Waals surface area (Å²) in [5, 5.41) is 4.97. The predicted molar refractivity (Wildman–Crippen MR) is 228 cm³/mol. The second-order valence-corrected chi connectivity index (χ2v) is 14.5. The maximum absolute atomic E-state index is 5.23. The molecule has 12 aromatic rings. The summed E-state index contributed by atoms with van der Waals surface area (Å²) >= 11 is 0. The number of aryl methyl sites for hydroxylation is 1. The van der Waals surface area contributed by atoms with E-state index in [1.807, 2.05) is 0 Å². The molecule has 5 heteroatoms. The fraction of sp³-hybridized carbons (Fsp3) is 0.0200. The molecule has 0 radical (unpaired) electrons. The summed E-state index contributed by atoms with van der Waals surface area (Å²) in [6.07, 6.45) is 0. The zero-order chi connectivity index (χ0) is 36.2. The number of rotatable bonds is 4. The van der Waals surface area contributed by atoms with E-state index >= 15 is 0 Å². The van der Waals surface area contributed by atoms with Crippen molar-refractivity contribution in [1.29, 1.82) is 0 Å². The lowest BCUT2D eigenvalue weighted by molar-refractivity contribution is 1.10. The number of nitrogens with zero attached hydrogens (tertiary/aromatic N) is 5. The van der Waals surface area contributed by atoms with Gasteiger partial charge in [0.05, 0.1) is 55.5 Å². The Morgan fingerprint density at radius 1 is 0.382 bits per heavy atom. The van der Waals surface area contributed by atoms with Gasteiger partial charge >= 0.3 is 0 Å². The van der Waals surface area contributed by atoms with Crippen LogP contribution in [0.25, 0.3) is 99.6 Å². The van der Waals surface area contributed by atoms with Gasteiger partial charge in [0.2, 0.25) is 5.78 Å². The maximum Gasteiger partial charge on any atom is 0.220 e. The molecule has 0 amide bonds. The molecule has 0 N–H and O–H groups in total. The molecule has 0 atom stereocenters. The Labute approximate surface area is 316 Å². The van der Waals surface area contributed by atoms with Crippen LogP contribution in [0, 0.1) is 6.92 Å². The van der Waals surface area contributed by atoms with Crippen LogP contribution >= 0.6 is 0 Å². The second kappa shape index (κ2) is 11.3. The van der Waals surface area contributed by atoms with Crippen molar-refractivity contribution >= 4 is 71.5 Å². The van der Waals surface area contributed by atoms with Crippen molar-refractivity contribution in [1.82, 2.24) is 23.1 Å². The second-order valence-electron chi connectivity index (χ2n) is 14.5. The van der Waals surface area contributed by atoms with Crippen LogP contribution in [0.2, 0.25) is 0 Å². The van der Waals surface area contributed by atoms with Crippen molar-refractivity contribution in [3.05, 3.63) is 188 Å². The molecule has 12 rings (SSSR count). The first kappa shape index (κ1) is 30.1. The predicted octanol–water partition coefficient (Wildman–Crippen LogP) is 12.6. The molecule has 258 valence electrons. The van der Waals surface area contributed by atoms with Crippen LogP contribution in [0.3, 0.4) is 0 Å². The highest BCUT2D eigenvalue weighted by molar-refractivity contribution is 6.12. The highest BCUT2D eigenvalue weighted by Crippen LogP contribution is 2.42. The van der Waals surface area contributed by atoms with E-state index in [9.17, 15) is 0 Å². The third-order valence-electron chi connectivity index (χ3n) is 11.5. The van der Waals surface area contributed by atoms with E-state index in [4.69, 9.17) is 4.98 Å². The van der Waals surface area contributed by atoms with E-state index in [2.05, 4.69) is 207 Å². The molecule has 55 heavy (non-hydrogen) atoms. The molecule has 8 aromatic carbocycles. The van der Waals surface area contributed by atoms with Crippen LogP contribution < -0.4 is 0 Å². The first-order valence-electron chi connectivity index (χ1n) is 18.8. The number of fused-ring (bicyclic) bond motifs is 11. The van der Waals surface area contributed by atoms with Gasteiger partial charge in [-0.1, -0.05) is 109 Å². The van der Waals surface area contributed by atoms with Gasteiger partial charge < -0.3 is 9.13 Å². The van der Waals surface area contributed by atoms with E-state index in [1.54, 1.807) is 0 Å². The van der Waals surface area contributed by atoms with E-state index in [0.29, 0.717) is 0 Å². The summed E-state index contributed by atoms with van der Waals surface area (Å²) in [5.41, 5.74) is 16.0. The van der Waals surface area contributed by atoms with Crippen molar-refractivity contribution < 1.29 is 0 Å². The van der Waals surface area contributed by atoms with E-state index < -0.39 is 0 Å². The number of aromatic nitrogens is 5. The third-order valence-corrected chi connectivity index (χ3v) is 11.5. The first-order chi connectivity index (χ1) is 27.2. The quantitative estimate of drug-likeness (QED) is 0.180. The summed E-state index contributed by atoms with van der Waals surface area (Å²) in [4.78, 5) is 5.23. The zero-order valence-corrected chi connectivity index (χ0v) is 30.1. The van der Waals surface area contributed by atoms with Crippen LogP contribution in [-0.2, 0) is 0 Å². The lowest BCUT2D eigenvalue weighted by Gasteiger charge is -2.19. The number of imidazole rings is 2. The van der Waals surface area contributed by atoms with Gasteiger partial charge in [-0.05, 0) is 85.3 Å². The molecule has 4 aromatic heterocycles. The van der Waals surface area contributed by atoms with Gasteiger partial charge in [0, 0.05) is 38.4 Å². The van der Waals surface area contributed by atoms with Gasteiger partial charge in [0.25, 0.3) is 0 Å². The molecular formula is C50H33N5. The number of hydrogen-bond acceptors (Lipinski definition) is 1. The number of benzene rings is 8. The van der Waals surface area contributed by atoms with Crippen molar-refractivity contribution in [2.75, 3.05) is 0 Å². The van der Waals surface area contributed by atoms with Gasteiger partial charge in [-0.15, -0.1) is 0 Å². The van der Waals surface area contributed by atoms with Crippen LogP contribution in [0.4, 0.5) is 0 Å². The lowest BCUT2D eigenvalue weighted by Crippen LogP contribution is -2.03. The smallest absolute Gasteiger partial charge is 0.220 e. The minimum absolute atomic E-state index is 0.902. The molecule has 4 heterocycles. The zero-order valence-electron chi connectivity index (χ0n) is 30.1. The van der Waals surface area contributed by atoms with Crippen molar-refractivity contribution in [3.8, 4) is 28.2 Å². The average Bonchev–Trinajstić information content (AvgIpc) is 3.96. The number of hydrogen-bond donors (Lipinski definition) is 0. The fourth-order valence-electron chi connectivity index (χ4n) is 9.22. The molecule has 0 aliphatic heterocycles. The molecule has 0 aliphatic rings. The minimum Gasteiger partial charge on any atom is -0.309 e. The normalized spacial score (nSPS) is 12.1. The summed E-state index contributed by atoms with van der Waals surface area (Å²) in [5.74, 6) is 0.902. The topological polar surface area (TPSA) is 32.1 Å². The maximum atomic E-state index is 5.23. The van der Waals surface area contributed by atoms with Crippen molar-refractivity contribution in [2.24, 2.45) is 0 Å². The van der Waals surface area contributed by atoms with E-state index in [-0.39, 0.29) is 0 Å². The van der Waals surface area contributed by atoms with Crippen LogP contribution in [0.1, 0.15) is 5.56 Å². The van der Waals surface area contributed by atoms with Crippen LogP contribution in [0.15, 0.2) is 182 Å². The highest BCUT2D eigenvalue weighted by atomic mass is 15.2. The Kier molecular flexibility index (Phi) is 6.20. The summed E-state index contributed by atoms with van der Waals surface area (Å²) in [7, 11) is 0. The van der Waals surface area contributed by atoms with Crippen molar-refractivity contribution in [2.45, 2.75) is 6.92 Å². The standard InChI is InChI=1S/C50H33N5/c1-32-15-14-28-48(49(32)37-19-5-10-24-43(37)54-46-26-12-13-27-47(46)55-45-25-11-6-20-39(45)51-50(54)55)53-42-23-9-4-18-36(42)38-31-33(29-30-44(38)53)52-40-21-7-2-16-34(40)35-17-3-8-22-41(35)52/h2-31H,1H3. The van der Waals surface area contributed by atoms with Gasteiger partial charge in [-0.3, -0.25) is 8.97 Å². The molecule has 0 saturated heterocycles. The monoisotopic (exact) mass is 703 g/mol. The molecule has 0 spiro atoms. The molecule has 0 aliphatic carbocycles. The molecule has 5 nitrogen and oxygen atoms in total. The highest BCUT2D eigenvalue weighted by Gasteiger charge is 2.23. The van der Waals surface area contributed by atoms with Crippen LogP contribution in [-0.4, -0.2) is 23.1 Å². The summed E-state index contributed by atoms with van der Waals surface area (Å²) in [6.45, 7) is 2.23. The summed E-state index contributed by atoms with van der Waals surface area (Å²) < 4.78 is 9.51. The Bertz CT molecular complexity index is 3460. The first-order valence-corrected chi connectivity index (χ1v) is 18.8. The van der Waals surface area contributed by atoms with Gasteiger partial charge in [-0.2, -0.15) is 0 Å². The molecule has 0 saturated carbocycles. The lowest BCUT2D eigenvalue weighted by atomic mass is 9.96. The Morgan fingerprint density at radius 2 is 0.927 bits per heavy atom. The Hall–Kier alpha value is -7.37. The number of para-hydroxylation sites is 8. The van der Waals surface area contributed by atoms with Crippen LogP contribution in [0.5, 0.6) is 0 Å². The molecule has 0 fully saturated rings. The van der Waals surface area contributed by atoms with Crippen molar-refractivity contribution in [3.63, 3.8) is 0 Å². The molecular weight excluding hydrogens is 671 g/mol. The Balaban J connectivity index is 1.13. The Morgan fingerprint density at radius 3 is 1.67 bits per heavy atom. The summed E-state index contributed by atoms with van der Waals surface area (Å²) in [6, 6.07) is 65.8. The fourth-order valence-corrected chi connectivity index (χ4v) is 9.22. The largest absolute Gasteiger partial charge is 0.309 e. The third kappa shape index (κ3) is 4.15. The average molecular weight is 704 g/mol. The molecule has 0 bridgehead atoms. The van der Waals surface area contributed by atoms with E-state index in [1.165, 1.54) is 54.7 Å². The van der Waals surface area contributed by atoms with E-state index in [0.717, 1.165) is 50.5 Å². The van der Waals surface area contributed by atoms with Gasteiger partial charge in [0.1, 0.15) is 0 Å². The van der Waals surface area contributed by atoms with Gasteiger partial charge in [-0.25, -0.2) is 4.98 Å². The SMILES string of the molecule is Cc1cccc(-n2c3ccccc3c3cc(-n4c5ccccc5c5ccccc54)ccc32)c1-c1ccccc1-n1c2ccccc2n2c3ccccc3nc12. The molecule has 0 unspecified atom stereocenters.